The molecule has 0 bridgehead atoms. The predicted octanol–water partition coefficient (Wildman–Crippen LogP) is 4.42. The van der Waals surface area contributed by atoms with Gasteiger partial charge in [-0.1, -0.05) is 36.4 Å². The van der Waals surface area contributed by atoms with Crippen LogP contribution >= 0.6 is 0 Å². The second kappa shape index (κ2) is 9.05. The molecule has 4 heteroatoms. The predicted molar refractivity (Wildman–Crippen MR) is 121 cm³/mol. The maximum Gasteiger partial charge on any atom is 0.251 e. The first-order chi connectivity index (χ1) is 14.6. The van der Waals surface area contributed by atoms with E-state index in [-0.39, 0.29) is 17.4 Å². The molecule has 30 heavy (non-hydrogen) atoms. The summed E-state index contributed by atoms with van der Waals surface area (Å²) in [6, 6.07) is 18.3. The van der Waals surface area contributed by atoms with E-state index in [2.05, 4.69) is 35.0 Å². The van der Waals surface area contributed by atoms with Crippen LogP contribution < -0.4 is 10.1 Å². The van der Waals surface area contributed by atoms with Gasteiger partial charge in [0.05, 0.1) is 7.11 Å². The molecule has 0 radical (unpaired) electrons. The highest BCUT2D eigenvalue weighted by Gasteiger charge is 2.48. The van der Waals surface area contributed by atoms with Crippen molar-refractivity contribution in [2.45, 2.75) is 37.1 Å². The minimum absolute atomic E-state index is 0.0314. The third-order valence-corrected chi connectivity index (χ3v) is 7.01. The normalized spacial score (nSPS) is 26.4. The first-order valence-electron chi connectivity index (χ1n) is 11.0. The number of ether oxygens (including phenoxy) is 1. The number of likely N-dealkylation sites (tertiary alicyclic amines) is 1. The van der Waals surface area contributed by atoms with Crippen LogP contribution in [0.1, 0.15) is 41.6 Å². The minimum Gasteiger partial charge on any atom is -0.497 e. The molecule has 1 heterocycles. The van der Waals surface area contributed by atoms with E-state index in [9.17, 15) is 4.79 Å². The summed E-state index contributed by atoms with van der Waals surface area (Å²) in [6.45, 7) is 7.01. The van der Waals surface area contributed by atoms with E-state index in [4.69, 9.17) is 4.74 Å². The molecular formula is C26H32N2O2. The molecule has 4 rings (SSSR count). The first kappa shape index (κ1) is 20.7. The molecule has 1 aliphatic carbocycles. The highest BCUT2D eigenvalue weighted by molar-refractivity contribution is 5.94. The number of piperidine rings is 1. The summed E-state index contributed by atoms with van der Waals surface area (Å²) < 4.78 is 5.54. The molecule has 3 atom stereocenters. The van der Waals surface area contributed by atoms with Crippen LogP contribution in [-0.2, 0) is 5.41 Å². The van der Waals surface area contributed by atoms with Crippen molar-refractivity contribution in [3.05, 3.63) is 78.4 Å². The van der Waals surface area contributed by atoms with Crippen molar-refractivity contribution in [1.29, 1.82) is 0 Å². The molecule has 1 amide bonds. The highest BCUT2D eigenvalue weighted by atomic mass is 16.5. The molecule has 2 aliphatic rings. The molecule has 2 aromatic carbocycles. The Hall–Kier alpha value is -2.59. The van der Waals surface area contributed by atoms with Crippen molar-refractivity contribution >= 4 is 5.91 Å². The number of amides is 1. The largest absolute Gasteiger partial charge is 0.497 e. The zero-order chi connectivity index (χ0) is 21.0. The van der Waals surface area contributed by atoms with Gasteiger partial charge >= 0.3 is 0 Å². The first-order valence-corrected chi connectivity index (χ1v) is 11.0. The van der Waals surface area contributed by atoms with Crippen LogP contribution in [0.4, 0.5) is 0 Å². The fraction of sp³-hybridized carbons (Fsp3) is 0.423. The van der Waals surface area contributed by atoms with Crippen molar-refractivity contribution in [1.82, 2.24) is 10.2 Å². The zero-order valence-corrected chi connectivity index (χ0v) is 17.8. The molecule has 158 valence electrons. The number of fused-ring (bicyclic) bond motifs is 1. The second-order valence-corrected chi connectivity index (χ2v) is 8.70. The van der Waals surface area contributed by atoms with E-state index in [0.29, 0.717) is 5.92 Å². The average molecular weight is 405 g/mol. The lowest BCUT2D eigenvalue weighted by Crippen LogP contribution is -2.56. The molecular weight excluding hydrogens is 372 g/mol. The minimum atomic E-state index is 0.0314. The van der Waals surface area contributed by atoms with Crippen LogP contribution in [0.3, 0.4) is 0 Å². The molecule has 1 aliphatic heterocycles. The van der Waals surface area contributed by atoms with Gasteiger partial charge in [-0.2, -0.15) is 0 Å². The average Bonchev–Trinajstić information content (AvgIpc) is 2.80. The number of hydrogen-bond donors (Lipinski definition) is 1. The van der Waals surface area contributed by atoms with Crippen molar-refractivity contribution in [3.8, 4) is 5.75 Å². The Bertz CT molecular complexity index is 882. The lowest BCUT2D eigenvalue weighted by Gasteiger charge is -2.53. The lowest BCUT2D eigenvalue weighted by molar-refractivity contribution is 0.0473. The quantitative estimate of drug-likeness (QED) is 0.725. The third-order valence-electron chi connectivity index (χ3n) is 7.01. The fourth-order valence-corrected chi connectivity index (χ4v) is 5.48. The zero-order valence-electron chi connectivity index (χ0n) is 17.8. The van der Waals surface area contributed by atoms with Crippen molar-refractivity contribution in [3.63, 3.8) is 0 Å². The topological polar surface area (TPSA) is 41.6 Å². The van der Waals surface area contributed by atoms with Crippen molar-refractivity contribution in [2.75, 3.05) is 26.7 Å². The Balaban J connectivity index is 1.59. The number of nitrogens with one attached hydrogen (secondary N) is 1. The summed E-state index contributed by atoms with van der Waals surface area (Å²) >= 11 is 0. The number of carbonyl (C=O) groups excluding carboxylic acids is 1. The highest BCUT2D eigenvalue weighted by Crippen LogP contribution is 2.49. The van der Waals surface area contributed by atoms with Crippen LogP contribution in [0, 0.1) is 5.92 Å². The van der Waals surface area contributed by atoms with E-state index in [1.165, 1.54) is 5.56 Å². The Morgan fingerprint density at radius 1 is 1.23 bits per heavy atom. The molecule has 1 N–H and O–H groups in total. The maximum atomic E-state index is 12.8. The van der Waals surface area contributed by atoms with Gasteiger partial charge in [0.25, 0.3) is 5.91 Å². The van der Waals surface area contributed by atoms with E-state index >= 15 is 0 Å². The third kappa shape index (κ3) is 4.15. The molecule has 0 spiro atoms. The van der Waals surface area contributed by atoms with Crippen LogP contribution in [-0.4, -0.2) is 43.6 Å². The van der Waals surface area contributed by atoms with Crippen LogP contribution in [0.2, 0.25) is 0 Å². The Kier molecular flexibility index (Phi) is 6.24. The monoisotopic (exact) mass is 404 g/mol. The molecule has 4 nitrogen and oxygen atoms in total. The lowest BCUT2D eigenvalue weighted by atomic mass is 9.58. The summed E-state index contributed by atoms with van der Waals surface area (Å²) in [5.41, 5.74) is 2.15. The van der Waals surface area contributed by atoms with Crippen LogP contribution in [0.25, 0.3) is 0 Å². The molecule has 0 aromatic heterocycles. The summed E-state index contributed by atoms with van der Waals surface area (Å²) in [5.74, 6) is 1.51. The van der Waals surface area contributed by atoms with Gasteiger partial charge in [0.2, 0.25) is 0 Å². The van der Waals surface area contributed by atoms with Gasteiger partial charge in [0.1, 0.15) is 5.75 Å². The number of nitrogens with zero attached hydrogens (tertiary/aromatic N) is 1. The number of methoxy groups -OCH3 is 1. The number of benzene rings is 2. The van der Waals surface area contributed by atoms with Gasteiger partial charge < -0.3 is 10.1 Å². The van der Waals surface area contributed by atoms with Gasteiger partial charge in [-0.3, -0.25) is 9.69 Å². The smallest absolute Gasteiger partial charge is 0.251 e. The number of hydrogen-bond acceptors (Lipinski definition) is 3. The van der Waals surface area contributed by atoms with Gasteiger partial charge in [-0.05, 0) is 68.0 Å². The Morgan fingerprint density at radius 3 is 2.83 bits per heavy atom. The molecule has 2 aromatic rings. The van der Waals surface area contributed by atoms with Crippen molar-refractivity contribution in [2.24, 2.45) is 5.92 Å². The van der Waals surface area contributed by atoms with Crippen LogP contribution in [0.5, 0.6) is 5.75 Å². The van der Waals surface area contributed by atoms with E-state index in [0.717, 1.165) is 56.6 Å². The second-order valence-electron chi connectivity index (χ2n) is 8.70. The van der Waals surface area contributed by atoms with Gasteiger partial charge in [-0.25, -0.2) is 0 Å². The molecule has 1 saturated carbocycles. The van der Waals surface area contributed by atoms with Crippen LogP contribution in [0.15, 0.2) is 67.3 Å². The Morgan fingerprint density at radius 2 is 2.07 bits per heavy atom. The SMILES string of the molecule is C=CCN1CC[C@@]2(c3cccc(OC)c3)C[C@@H](NC(=O)c3ccccc3)CC[C@@H]2C1. The summed E-state index contributed by atoms with van der Waals surface area (Å²) in [4.78, 5) is 15.3. The Labute approximate surface area is 179 Å². The summed E-state index contributed by atoms with van der Waals surface area (Å²) in [5, 5.41) is 3.33. The maximum absolute atomic E-state index is 12.8. The van der Waals surface area contributed by atoms with E-state index in [1.54, 1.807) is 7.11 Å². The number of rotatable bonds is 6. The van der Waals surface area contributed by atoms with Gasteiger partial charge in [0.15, 0.2) is 0 Å². The molecule has 0 unspecified atom stereocenters. The summed E-state index contributed by atoms with van der Waals surface area (Å²) in [7, 11) is 1.73. The molecule has 2 fully saturated rings. The van der Waals surface area contributed by atoms with Gasteiger partial charge in [0, 0.05) is 30.1 Å². The van der Waals surface area contributed by atoms with Crippen molar-refractivity contribution < 1.29 is 9.53 Å². The van der Waals surface area contributed by atoms with Gasteiger partial charge in [-0.15, -0.1) is 6.58 Å². The molecule has 1 saturated heterocycles. The summed E-state index contributed by atoms with van der Waals surface area (Å²) in [6.07, 6.45) is 6.22. The fourth-order valence-electron chi connectivity index (χ4n) is 5.48. The number of carbonyl (C=O) groups is 1. The van der Waals surface area contributed by atoms with E-state index in [1.807, 2.05) is 42.5 Å². The van der Waals surface area contributed by atoms with E-state index < -0.39 is 0 Å². The standard InChI is InChI=1S/C26H32N2O2/c1-3-15-28-16-14-26(21-10-7-11-24(17-21)30-2)18-23(13-12-22(26)19-28)27-25(29)20-8-5-4-6-9-20/h3-11,17,22-23H,1,12-16,18-19H2,2H3,(H,27,29)/t22-,23+,26+/m1/s1.